The Labute approximate surface area is 117 Å². The van der Waals surface area contributed by atoms with E-state index in [1.807, 2.05) is 19.1 Å². The number of nitriles is 2. The molecule has 0 unspecified atom stereocenters. The number of benzene rings is 1. The molecule has 75 valence electrons. The zero-order valence-electron chi connectivity index (χ0n) is 9.60. The first kappa shape index (κ1) is 14.8. The minimum absolute atomic E-state index is 0. The number of rotatable bonds is 2. The molecule has 0 N–H and O–H groups in total. The Hall–Kier alpha value is -1.20. The fraction of sp³-hybridized carbons (Fsp3) is 0.273. The maximum atomic E-state index is 8.68. The van der Waals surface area contributed by atoms with Gasteiger partial charge in [0.15, 0.2) is 0 Å². The molecule has 0 atom stereocenters. The number of aryl methyl sites for hydroxylation is 1. The molecule has 1 aromatic rings. The van der Waals surface area contributed by atoms with Gasteiger partial charge in [0.05, 0.1) is 5.69 Å². The van der Waals surface area contributed by atoms with Gasteiger partial charge in [-0.25, -0.2) is 0 Å². The van der Waals surface area contributed by atoms with Crippen LogP contribution in [-0.4, -0.2) is 35.1 Å². The Bertz CT molecular complexity index is 436. The molecular formula is C11H10N4Na. The van der Waals surface area contributed by atoms with Gasteiger partial charge in [-0.2, -0.15) is 20.8 Å². The number of hydrogen-bond acceptors (Lipinski definition) is 4. The zero-order chi connectivity index (χ0) is 11.3. The van der Waals surface area contributed by atoms with Crippen LogP contribution in [0, 0.1) is 29.6 Å². The van der Waals surface area contributed by atoms with Gasteiger partial charge in [0.2, 0.25) is 5.54 Å². The smallest absolute Gasteiger partial charge is 0.194 e. The molecule has 0 fully saturated rings. The standard InChI is InChI=1S/C11H10N4.Na/c1-9-3-5-10(6-4-9)14-15-11(2,7-12)8-13;/h3-6H,1-2H3;. The number of hydrogen-bond donors (Lipinski definition) is 0. The summed E-state index contributed by atoms with van der Waals surface area (Å²) in [5, 5.41) is 24.9. The fourth-order valence-electron chi connectivity index (χ4n) is 0.839. The van der Waals surface area contributed by atoms with Crippen molar-refractivity contribution in [3.63, 3.8) is 0 Å². The predicted octanol–water partition coefficient (Wildman–Crippen LogP) is 2.50. The molecule has 0 bridgehead atoms. The van der Waals surface area contributed by atoms with Gasteiger partial charge in [0.1, 0.15) is 12.1 Å². The second-order valence-corrected chi connectivity index (χ2v) is 3.33. The predicted molar refractivity (Wildman–Crippen MR) is 61.1 cm³/mol. The van der Waals surface area contributed by atoms with Crippen LogP contribution in [0.3, 0.4) is 0 Å². The molecular weight excluding hydrogens is 211 g/mol. The Kier molecular flexibility index (Phi) is 5.92. The van der Waals surface area contributed by atoms with E-state index >= 15 is 0 Å². The molecule has 16 heavy (non-hydrogen) atoms. The largest absolute Gasteiger partial charge is 0.249 e. The number of nitrogens with zero attached hydrogens (tertiary/aromatic N) is 4. The second-order valence-electron chi connectivity index (χ2n) is 3.33. The quantitative estimate of drug-likeness (QED) is 0.568. The van der Waals surface area contributed by atoms with Crippen molar-refractivity contribution in [3.05, 3.63) is 29.8 Å². The van der Waals surface area contributed by atoms with Crippen molar-refractivity contribution in [3.8, 4) is 12.1 Å². The van der Waals surface area contributed by atoms with E-state index in [1.165, 1.54) is 6.92 Å². The van der Waals surface area contributed by atoms with Gasteiger partial charge in [0.25, 0.3) is 0 Å². The normalized spacial score (nSPS) is 10.2. The van der Waals surface area contributed by atoms with Crippen LogP contribution >= 0.6 is 0 Å². The Balaban J connectivity index is 0.00000225. The van der Waals surface area contributed by atoms with Crippen molar-refractivity contribution in [1.82, 2.24) is 0 Å². The van der Waals surface area contributed by atoms with Crippen LogP contribution in [0.2, 0.25) is 0 Å². The average molecular weight is 221 g/mol. The molecule has 0 heterocycles. The first-order valence-electron chi connectivity index (χ1n) is 4.42. The Morgan fingerprint density at radius 3 is 2.06 bits per heavy atom. The molecule has 0 amide bonds. The average Bonchev–Trinajstić information content (AvgIpc) is 2.28. The van der Waals surface area contributed by atoms with E-state index < -0.39 is 5.54 Å². The maximum Gasteiger partial charge on any atom is 0.249 e. The number of azo groups is 1. The molecule has 1 aromatic carbocycles. The molecule has 1 rings (SSSR count). The van der Waals surface area contributed by atoms with E-state index in [4.69, 9.17) is 10.5 Å². The van der Waals surface area contributed by atoms with Gasteiger partial charge in [-0.1, -0.05) is 17.7 Å². The summed E-state index contributed by atoms with van der Waals surface area (Å²) in [6.07, 6.45) is 0. The second kappa shape index (κ2) is 6.40. The van der Waals surface area contributed by atoms with Crippen molar-refractivity contribution in [2.75, 3.05) is 0 Å². The SMILES string of the molecule is Cc1ccc(N=NC(C)(C#N)C#N)cc1.[Na]. The third-order valence-electron chi connectivity index (χ3n) is 1.83. The summed E-state index contributed by atoms with van der Waals surface area (Å²) in [5.41, 5.74) is 0.361. The molecule has 0 aliphatic rings. The van der Waals surface area contributed by atoms with Gasteiger partial charge >= 0.3 is 0 Å². The Morgan fingerprint density at radius 2 is 1.62 bits per heavy atom. The van der Waals surface area contributed by atoms with Crippen LogP contribution in [0.4, 0.5) is 5.69 Å². The maximum absolute atomic E-state index is 8.68. The fourth-order valence-corrected chi connectivity index (χ4v) is 0.839. The molecule has 0 saturated heterocycles. The van der Waals surface area contributed by atoms with Crippen molar-refractivity contribution < 1.29 is 0 Å². The molecule has 5 heteroatoms. The van der Waals surface area contributed by atoms with Crippen molar-refractivity contribution in [2.24, 2.45) is 10.2 Å². The van der Waals surface area contributed by atoms with Crippen LogP contribution in [0.5, 0.6) is 0 Å². The van der Waals surface area contributed by atoms with E-state index in [-0.39, 0.29) is 29.6 Å². The van der Waals surface area contributed by atoms with Gasteiger partial charge < -0.3 is 0 Å². The van der Waals surface area contributed by atoms with E-state index in [9.17, 15) is 0 Å². The minimum Gasteiger partial charge on any atom is -0.194 e. The summed E-state index contributed by atoms with van der Waals surface area (Å²) in [6.45, 7) is 3.39. The van der Waals surface area contributed by atoms with Crippen LogP contribution < -0.4 is 0 Å². The molecule has 4 nitrogen and oxygen atoms in total. The van der Waals surface area contributed by atoms with E-state index in [0.717, 1.165) is 5.56 Å². The van der Waals surface area contributed by atoms with Crippen molar-refractivity contribution in [2.45, 2.75) is 19.4 Å². The first-order valence-corrected chi connectivity index (χ1v) is 4.42. The van der Waals surface area contributed by atoms with Crippen LogP contribution in [0.25, 0.3) is 0 Å². The van der Waals surface area contributed by atoms with Gasteiger partial charge in [-0.15, -0.1) is 0 Å². The summed E-state index contributed by atoms with van der Waals surface area (Å²) in [4.78, 5) is 0. The molecule has 0 saturated carbocycles. The summed E-state index contributed by atoms with van der Waals surface area (Å²) in [5.74, 6) is 0. The monoisotopic (exact) mass is 221 g/mol. The molecule has 0 aromatic heterocycles. The van der Waals surface area contributed by atoms with Crippen LogP contribution in [-0.2, 0) is 0 Å². The summed E-state index contributed by atoms with van der Waals surface area (Å²) in [6, 6.07) is 10.9. The molecule has 0 spiro atoms. The molecule has 0 aliphatic carbocycles. The van der Waals surface area contributed by atoms with Gasteiger partial charge in [-0.3, -0.25) is 0 Å². The zero-order valence-corrected chi connectivity index (χ0v) is 11.6. The summed E-state index contributed by atoms with van der Waals surface area (Å²) < 4.78 is 0. The summed E-state index contributed by atoms with van der Waals surface area (Å²) in [7, 11) is 0. The molecule has 0 aliphatic heterocycles. The Morgan fingerprint density at radius 1 is 1.12 bits per heavy atom. The van der Waals surface area contributed by atoms with E-state index in [2.05, 4.69) is 10.2 Å². The third kappa shape index (κ3) is 4.12. The topological polar surface area (TPSA) is 72.3 Å². The van der Waals surface area contributed by atoms with Gasteiger partial charge in [0, 0.05) is 29.6 Å². The van der Waals surface area contributed by atoms with E-state index in [1.54, 1.807) is 24.3 Å². The van der Waals surface area contributed by atoms with Gasteiger partial charge in [-0.05, 0) is 26.0 Å². The van der Waals surface area contributed by atoms with Crippen LogP contribution in [0.1, 0.15) is 12.5 Å². The van der Waals surface area contributed by atoms with Crippen molar-refractivity contribution in [1.29, 1.82) is 10.5 Å². The summed E-state index contributed by atoms with van der Waals surface area (Å²) >= 11 is 0. The minimum atomic E-state index is -1.40. The first-order chi connectivity index (χ1) is 7.09. The third-order valence-corrected chi connectivity index (χ3v) is 1.83. The molecule has 1 radical (unpaired) electrons. The van der Waals surface area contributed by atoms with E-state index in [0.29, 0.717) is 5.69 Å². The van der Waals surface area contributed by atoms with Crippen LogP contribution in [0.15, 0.2) is 34.5 Å². The van der Waals surface area contributed by atoms with Crippen molar-refractivity contribution >= 4 is 35.2 Å².